The van der Waals surface area contributed by atoms with Crippen LogP contribution in [0.2, 0.25) is 0 Å². The molecular formula is C28H68N2O7. The lowest BCUT2D eigenvalue weighted by Crippen LogP contribution is -2.24. The van der Waals surface area contributed by atoms with Crippen LogP contribution >= 0.6 is 0 Å². The van der Waals surface area contributed by atoms with Gasteiger partial charge in [0.05, 0.1) is 12.8 Å². The van der Waals surface area contributed by atoms with Gasteiger partial charge in [0.1, 0.15) is 13.2 Å². The molecule has 9 nitrogen and oxygen atoms in total. The molecule has 0 saturated carbocycles. The number of aliphatic hydroxyl groups excluding tert-OH is 1. The molecule has 0 aliphatic rings. The number of unbranched alkanes of at least 4 members (excludes halogenated alkanes) is 2. The van der Waals surface area contributed by atoms with Crippen molar-refractivity contribution in [3.05, 3.63) is 0 Å². The van der Waals surface area contributed by atoms with Gasteiger partial charge < -0.3 is 29.5 Å². The van der Waals surface area contributed by atoms with Gasteiger partial charge in [0.25, 0.3) is 0 Å². The highest BCUT2D eigenvalue weighted by molar-refractivity contribution is 5.70. The number of carboxylic acid groups (broad SMARTS) is 1. The molecule has 0 aromatic rings. The summed E-state index contributed by atoms with van der Waals surface area (Å²) in [5.74, 6) is -1.27. The summed E-state index contributed by atoms with van der Waals surface area (Å²) >= 11 is 0. The fourth-order valence-corrected chi connectivity index (χ4v) is 2.57. The Kier molecular flexibility index (Phi) is 62.4. The zero-order chi connectivity index (χ0) is 23.9. The molecule has 0 unspecified atom stereocenters. The molecule has 0 saturated heterocycles. The molecule has 9 heteroatoms. The molecule has 37 heavy (non-hydrogen) atoms. The molecule has 2 N–H and O–H groups in total. The Labute approximate surface area is 231 Å². The van der Waals surface area contributed by atoms with E-state index in [1.165, 1.54) is 0 Å². The van der Waals surface area contributed by atoms with Crippen molar-refractivity contribution in [3.8, 4) is 0 Å². The number of hydrogen-bond acceptors (Lipinski definition) is 8. The topological polar surface area (TPSA) is 117 Å². The van der Waals surface area contributed by atoms with Crippen LogP contribution in [0.4, 0.5) is 0 Å². The summed E-state index contributed by atoms with van der Waals surface area (Å²) in [5, 5.41) is 16.9. The van der Waals surface area contributed by atoms with Crippen molar-refractivity contribution >= 4 is 17.9 Å². The zero-order valence-electron chi connectivity index (χ0n) is 19.9. The standard InChI is InChI=1S/C15H29NO5.C7H15NO2.6CH4/c1-3-9-16(2)10-8-15(19)21-13-12-20-14(18)7-5-4-6-11-17;1-3-5-8(2)6-4-7(9)10;;;;;;/h17H,3-13H2,1-2H3;3-6H2,1-2H3,(H,9,10);6*1H4. The lowest BCUT2D eigenvalue weighted by atomic mass is 10.2. The average Bonchev–Trinajstić information content (AvgIpc) is 2.72. The van der Waals surface area contributed by atoms with Gasteiger partial charge in [0.2, 0.25) is 0 Å². The van der Waals surface area contributed by atoms with Gasteiger partial charge in [-0.25, -0.2) is 0 Å². The quantitative estimate of drug-likeness (QED) is 0.159. The van der Waals surface area contributed by atoms with Gasteiger partial charge in [0, 0.05) is 26.1 Å². The summed E-state index contributed by atoms with van der Waals surface area (Å²) in [6.07, 6.45) is 5.31. The van der Waals surface area contributed by atoms with E-state index >= 15 is 0 Å². The van der Waals surface area contributed by atoms with Crippen LogP contribution < -0.4 is 0 Å². The summed E-state index contributed by atoms with van der Waals surface area (Å²) in [6, 6.07) is 0. The van der Waals surface area contributed by atoms with Crippen molar-refractivity contribution in [2.45, 2.75) is 110 Å². The van der Waals surface area contributed by atoms with Crippen LogP contribution in [-0.4, -0.2) is 98.0 Å². The highest BCUT2D eigenvalue weighted by Gasteiger charge is 2.07. The molecule has 0 fully saturated rings. The van der Waals surface area contributed by atoms with Gasteiger partial charge in [-0.2, -0.15) is 0 Å². The van der Waals surface area contributed by atoms with Gasteiger partial charge >= 0.3 is 17.9 Å². The van der Waals surface area contributed by atoms with Gasteiger partial charge in [-0.3, -0.25) is 14.4 Å². The number of carbonyl (C=O) groups is 3. The van der Waals surface area contributed by atoms with E-state index in [1.807, 2.05) is 19.0 Å². The summed E-state index contributed by atoms with van der Waals surface area (Å²) in [6.45, 7) is 7.81. The predicted octanol–water partition coefficient (Wildman–Crippen LogP) is 5.98. The van der Waals surface area contributed by atoms with Crippen LogP contribution in [0.3, 0.4) is 0 Å². The largest absolute Gasteiger partial charge is 0.481 e. The minimum atomic E-state index is -0.719. The monoisotopic (exact) mass is 545 g/mol. The third-order valence-electron chi connectivity index (χ3n) is 4.26. The Morgan fingerprint density at radius 1 is 0.622 bits per heavy atom. The van der Waals surface area contributed by atoms with E-state index in [-0.39, 0.29) is 82.7 Å². The van der Waals surface area contributed by atoms with Gasteiger partial charge in [-0.05, 0) is 52.9 Å². The first-order valence-corrected chi connectivity index (χ1v) is 11.3. The first-order chi connectivity index (χ1) is 14.8. The molecule has 0 bridgehead atoms. The highest BCUT2D eigenvalue weighted by atomic mass is 16.6. The number of aliphatic hydroxyl groups is 1. The molecule has 0 atom stereocenters. The molecule has 0 radical (unpaired) electrons. The third-order valence-corrected chi connectivity index (χ3v) is 4.26. The molecule has 232 valence electrons. The summed E-state index contributed by atoms with van der Waals surface area (Å²) in [4.78, 5) is 36.9. The second-order valence-electron chi connectivity index (χ2n) is 7.48. The summed E-state index contributed by atoms with van der Waals surface area (Å²) in [7, 11) is 3.90. The highest BCUT2D eigenvalue weighted by Crippen LogP contribution is 2.01. The van der Waals surface area contributed by atoms with Crippen LogP contribution in [0, 0.1) is 0 Å². The molecular weight excluding hydrogens is 476 g/mol. The zero-order valence-corrected chi connectivity index (χ0v) is 19.9. The number of esters is 2. The Morgan fingerprint density at radius 2 is 1.03 bits per heavy atom. The Balaban J connectivity index is -0.0000000765. The van der Waals surface area contributed by atoms with Crippen LogP contribution in [0.25, 0.3) is 0 Å². The van der Waals surface area contributed by atoms with E-state index in [2.05, 4.69) is 18.7 Å². The SMILES string of the molecule is C.C.C.C.C.C.CCCN(C)CCC(=O)O.CCCN(C)CCC(=O)OCCOC(=O)CCCCCO. The van der Waals surface area contributed by atoms with Crippen molar-refractivity contribution in [3.63, 3.8) is 0 Å². The molecule has 0 spiro atoms. The maximum Gasteiger partial charge on any atom is 0.307 e. The van der Waals surface area contributed by atoms with Crippen molar-refractivity contribution < 1.29 is 34.1 Å². The maximum absolute atomic E-state index is 11.4. The van der Waals surface area contributed by atoms with Crippen LogP contribution in [0.1, 0.15) is 110 Å². The van der Waals surface area contributed by atoms with E-state index in [0.29, 0.717) is 38.8 Å². The van der Waals surface area contributed by atoms with Crippen LogP contribution in [0.5, 0.6) is 0 Å². The number of hydrogen-bond donors (Lipinski definition) is 2. The van der Waals surface area contributed by atoms with E-state index in [0.717, 1.165) is 32.4 Å². The predicted molar refractivity (Wildman–Crippen MR) is 160 cm³/mol. The molecule has 0 heterocycles. The maximum atomic E-state index is 11.4. The Hall–Kier alpha value is -1.71. The number of rotatable bonds is 18. The van der Waals surface area contributed by atoms with Crippen molar-refractivity contribution in [1.29, 1.82) is 0 Å². The van der Waals surface area contributed by atoms with E-state index in [1.54, 1.807) is 0 Å². The van der Waals surface area contributed by atoms with Gasteiger partial charge in [0.15, 0.2) is 0 Å². The first-order valence-electron chi connectivity index (χ1n) is 11.3. The number of carboxylic acids is 1. The van der Waals surface area contributed by atoms with Crippen LogP contribution in [-0.2, 0) is 23.9 Å². The van der Waals surface area contributed by atoms with E-state index < -0.39 is 5.97 Å². The fourth-order valence-electron chi connectivity index (χ4n) is 2.57. The normalized spacial score (nSPS) is 8.84. The van der Waals surface area contributed by atoms with Crippen molar-refractivity contribution in [2.24, 2.45) is 0 Å². The van der Waals surface area contributed by atoms with E-state index in [4.69, 9.17) is 19.7 Å². The molecule has 0 rings (SSSR count). The summed E-state index contributed by atoms with van der Waals surface area (Å²) < 4.78 is 9.94. The van der Waals surface area contributed by atoms with Gasteiger partial charge in [-0.15, -0.1) is 0 Å². The molecule has 0 aliphatic heterocycles. The van der Waals surface area contributed by atoms with Crippen LogP contribution in [0.15, 0.2) is 0 Å². The number of ether oxygens (including phenoxy) is 2. The molecule has 0 amide bonds. The Morgan fingerprint density at radius 3 is 1.41 bits per heavy atom. The number of carbonyl (C=O) groups excluding carboxylic acids is 2. The van der Waals surface area contributed by atoms with E-state index in [9.17, 15) is 14.4 Å². The van der Waals surface area contributed by atoms with Crippen molar-refractivity contribution in [2.75, 3.05) is 60.1 Å². The summed E-state index contributed by atoms with van der Waals surface area (Å²) in [5.41, 5.74) is 0. The van der Waals surface area contributed by atoms with Crippen molar-refractivity contribution in [1.82, 2.24) is 9.80 Å². The fraction of sp³-hybridized carbons (Fsp3) is 0.893. The number of aliphatic carboxylic acids is 1. The second-order valence-corrected chi connectivity index (χ2v) is 7.48. The Bertz CT molecular complexity index is 464. The second kappa shape index (κ2) is 41.4. The molecule has 0 aliphatic carbocycles. The van der Waals surface area contributed by atoms with Gasteiger partial charge in [-0.1, -0.05) is 64.8 Å². The third kappa shape index (κ3) is 48.0. The number of nitrogens with zero attached hydrogens (tertiary/aromatic N) is 2. The average molecular weight is 545 g/mol. The lowest BCUT2D eigenvalue weighted by molar-refractivity contribution is -0.152. The molecule has 0 aromatic heterocycles. The lowest BCUT2D eigenvalue weighted by Gasteiger charge is -2.14. The first kappa shape index (κ1) is 55.7. The minimum Gasteiger partial charge on any atom is -0.481 e. The molecule has 0 aromatic carbocycles. The minimum absolute atomic E-state index is 0. The smallest absolute Gasteiger partial charge is 0.307 e.